The topological polar surface area (TPSA) is 108 Å². The molecule has 3 aromatic heterocycles. The van der Waals surface area contributed by atoms with E-state index >= 15 is 0 Å². The smallest absolute Gasteiger partial charge is 0.333 e. The number of pyridine rings is 2. The van der Waals surface area contributed by atoms with Gasteiger partial charge in [-0.05, 0) is 68.2 Å². The standard InChI is InChI=1S/C25H28FN5O4S/c1-35-23-19(3-2-10-27-23)22(32)29-16-4-6-17(7-5-16)31-24(33)20-13-15(26)14-28-21(20)30(25(31)34)18-8-11-36-12-9-18/h2-3,10,13-14,16-18H,4-9,11-12H2,1H3,(H,29,32). The molecule has 2 fully saturated rings. The fourth-order valence-corrected chi connectivity index (χ4v) is 6.35. The van der Waals surface area contributed by atoms with Crippen LogP contribution in [0.25, 0.3) is 11.0 Å². The normalized spacial score (nSPS) is 20.8. The highest BCUT2D eigenvalue weighted by atomic mass is 32.2. The number of nitrogens with zero attached hydrogens (tertiary/aromatic N) is 4. The van der Waals surface area contributed by atoms with Gasteiger partial charge in [0.2, 0.25) is 5.88 Å². The molecule has 0 radical (unpaired) electrons. The number of rotatable bonds is 5. The van der Waals surface area contributed by atoms with Crippen molar-refractivity contribution in [2.45, 2.75) is 56.7 Å². The third-order valence-corrected chi connectivity index (χ3v) is 8.13. The van der Waals surface area contributed by atoms with Gasteiger partial charge in [-0.15, -0.1) is 0 Å². The maximum absolute atomic E-state index is 14.1. The van der Waals surface area contributed by atoms with Crippen molar-refractivity contribution < 1.29 is 13.9 Å². The van der Waals surface area contributed by atoms with Crippen LogP contribution in [0.15, 0.2) is 40.2 Å². The molecule has 0 spiro atoms. The minimum atomic E-state index is -0.604. The molecule has 1 aliphatic heterocycles. The molecule has 3 aromatic rings. The molecule has 190 valence electrons. The number of halogens is 1. The van der Waals surface area contributed by atoms with Crippen molar-refractivity contribution in [2.75, 3.05) is 18.6 Å². The zero-order chi connectivity index (χ0) is 25.2. The number of amides is 1. The fraction of sp³-hybridized carbons (Fsp3) is 0.480. The number of hydrogen-bond donors (Lipinski definition) is 1. The third kappa shape index (κ3) is 4.63. The Bertz CT molecular complexity index is 1390. The molecule has 2 aliphatic rings. The van der Waals surface area contributed by atoms with Gasteiger partial charge in [0.1, 0.15) is 17.0 Å². The largest absolute Gasteiger partial charge is 0.480 e. The molecule has 1 N–H and O–H groups in total. The molecule has 1 amide bonds. The van der Waals surface area contributed by atoms with E-state index in [1.807, 2.05) is 11.8 Å². The molecule has 5 rings (SSSR count). The molecule has 1 saturated heterocycles. The minimum Gasteiger partial charge on any atom is -0.480 e. The van der Waals surface area contributed by atoms with Crippen molar-refractivity contribution in [3.8, 4) is 5.88 Å². The molecule has 0 bridgehead atoms. The Balaban J connectivity index is 1.41. The van der Waals surface area contributed by atoms with Crippen molar-refractivity contribution in [2.24, 2.45) is 0 Å². The van der Waals surface area contributed by atoms with E-state index in [1.165, 1.54) is 17.7 Å². The van der Waals surface area contributed by atoms with E-state index in [9.17, 15) is 18.8 Å². The Labute approximate surface area is 211 Å². The molecule has 1 saturated carbocycles. The summed E-state index contributed by atoms with van der Waals surface area (Å²) in [5.74, 6) is 1.23. The monoisotopic (exact) mass is 513 g/mol. The first kappa shape index (κ1) is 24.5. The fourth-order valence-electron chi connectivity index (χ4n) is 5.27. The van der Waals surface area contributed by atoms with Crippen LogP contribution in [0.5, 0.6) is 5.88 Å². The zero-order valence-electron chi connectivity index (χ0n) is 20.0. The van der Waals surface area contributed by atoms with Crippen LogP contribution in [0, 0.1) is 5.82 Å². The molecule has 1 aliphatic carbocycles. The summed E-state index contributed by atoms with van der Waals surface area (Å²) in [6.45, 7) is 0. The molecular formula is C25H28FN5O4S. The van der Waals surface area contributed by atoms with E-state index in [-0.39, 0.29) is 46.6 Å². The van der Waals surface area contributed by atoms with Crippen LogP contribution in [0.1, 0.15) is 61.0 Å². The summed E-state index contributed by atoms with van der Waals surface area (Å²) in [7, 11) is 1.46. The van der Waals surface area contributed by atoms with Gasteiger partial charge >= 0.3 is 5.69 Å². The van der Waals surface area contributed by atoms with Gasteiger partial charge in [0.15, 0.2) is 0 Å². The number of methoxy groups -OCH3 is 1. The van der Waals surface area contributed by atoms with Crippen molar-refractivity contribution in [1.29, 1.82) is 0 Å². The van der Waals surface area contributed by atoms with Gasteiger partial charge in [0.25, 0.3) is 11.5 Å². The number of aromatic nitrogens is 4. The minimum absolute atomic E-state index is 0.0730. The van der Waals surface area contributed by atoms with Crippen LogP contribution >= 0.6 is 11.8 Å². The highest BCUT2D eigenvalue weighted by molar-refractivity contribution is 7.99. The second-order valence-corrected chi connectivity index (χ2v) is 10.5. The van der Waals surface area contributed by atoms with Crippen molar-refractivity contribution in [3.05, 3.63) is 62.8 Å². The van der Waals surface area contributed by atoms with Gasteiger partial charge in [-0.1, -0.05) is 0 Å². The van der Waals surface area contributed by atoms with Crippen molar-refractivity contribution in [3.63, 3.8) is 0 Å². The summed E-state index contributed by atoms with van der Waals surface area (Å²) >= 11 is 1.84. The molecule has 11 heteroatoms. The SMILES string of the molecule is COc1ncccc1C(=O)NC1CCC(n2c(=O)c3cc(F)cnc3n(C3CCSCC3)c2=O)CC1. The molecule has 9 nitrogen and oxygen atoms in total. The summed E-state index contributed by atoms with van der Waals surface area (Å²) in [6, 6.07) is 4.00. The van der Waals surface area contributed by atoms with Gasteiger partial charge in [-0.25, -0.2) is 19.2 Å². The third-order valence-electron chi connectivity index (χ3n) is 7.09. The van der Waals surface area contributed by atoms with Gasteiger partial charge in [0, 0.05) is 24.3 Å². The highest BCUT2D eigenvalue weighted by Gasteiger charge is 2.30. The van der Waals surface area contributed by atoms with Crippen LogP contribution in [0.3, 0.4) is 0 Å². The molecule has 0 aromatic carbocycles. The summed E-state index contributed by atoms with van der Waals surface area (Å²) in [4.78, 5) is 48.1. The highest BCUT2D eigenvalue weighted by Crippen LogP contribution is 2.30. The van der Waals surface area contributed by atoms with Gasteiger partial charge in [0.05, 0.1) is 18.7 Å². The average molecular weight is 514 g/mol. The quantitative estimate of drug-likeness (QED) is 0.559. The summed E-state index contributed by atoms with van der Waals surface area (Å²) in [6.07, 6.45) is 6.50. The van der Waals surface area contributed by atoms with Crippen LogP contribution < -0.4 is 21.3 Å². The van der Waals surface area contributed by atoms with E-state index in [4.69, 9.17) is 4.74 Å². The predicted molar refractivity (Wildman–Crippen MR) is 135 cm³/mol. The zero-order valence-corrected chi connectivity index (χ0v) is 20.8. The molecule has 0 atom stereocenters. The van der Waals surface area contributed by atoms with Crippen LogP contribution in [0.4, 0.5) is 4.39 Å². The van der Waals surface area contributed by atoms with E-state index in [0.29, 0.717) is 31.2 Å². The predicted octanol–water partition coefficient (Wildman–Crippen LogP) is 3.08. The lowest BCUT2D eigenvalue weighted by atomic mass is 9.90. The first-order valence-electron chi connectivity index (χ1n) is 12.2. The molecule has 36 heavy (non-hydrogen) atoms. The first-order chi connectivity index (χ1) is 17.5. The second kappa shape index (κ2) is 10.4. The Morgan fingerprint density at radius 2 is 1.81 bits per heavy atom. The molecular weight excluding hydrogens is 485 g/mol. The number of thioether (sulfide) groups is 1. The number of hydrogen-bond acceptors (Lipinski definition) is 7. The summed E-state index contributed by atoms with van der Waals surface area (Å²) < 4.78 is 22.2. The van der Waals surface area contributed by atoms with Crippen LogP contribution in [-0.2, 0) is 0 Å². The van der Waals surface area contributed by atoms with Crippen LogP contribution in [0.2, 0.25) is 0 Å². The lowest BCUT2D eigenvalue weighted by molar-refractivity contribution is 0.0918. The Morgan fingerprint density at radius 3 is 2.53 bits per heavy atom. The molecule has 0 unspecified atom stereocenters. The van der Waals surface area contributed by atoms with Crippen molar-refractivity contribution >= 4 is 28.7 Å². The maximum Gasteiger partial charge on any atom is 0.333 e. The van der Waals surface area contributed by atoms with Gasteiger partial charge in [-0.2, -0.15) is 11.8 Å². The number of carbonyl (C=O) groups is 1. The average Bonchev–Trinajstić information content (AvgIpc) is 2.90. The van der Waals surface area contributed by atoms with E-state index in [0.717, 1.165) is 30.5 Å². The first-order valence-corrected chi connectivity index (χ1v) is 13.3. The van der Waals surface area contributed by atoms with Gasteiger partial charge in [-0.3, -0.25) is 18.7 Å². The Kier molecular flexibility index (Phi) is 7.08. The van der Waals surface area contributed by atoms with Crippen LogP contribution in [-0.4, -0.2) is 49.7 Å². The Morgan fingerprint density at radius 1 is 1.08 bits per heavy atom. The van der Waals surface area contributed by atoms with E-state index in [2.05, 4.69) is 15.3 Å². The lowest BCUT2D eigenvalue weighted by Crippen LogP contribution is -2.46. The lowest BCUT2D eigenvalue weighted by Gasteiger charge is -2.31. The Hall–Kier alpha value is -3.21. The second-order valence-electron chi connectivity index (χ2n) is 9.24. The number of carbonyl (C=O) groups excluding carboxylic acids is 1. The van der Waals surface area contributed by atoms with E-state index in [1.54, 1.807) is 22.9 Å². The van der Waals surface area contributed by atoms with E-state index < -0.39 is 11.4 Å². The maximum atomic E-state index is 14.1. The number of ether oxygens (including phenoxy) is 1. The molecule has 4 heterocycles. The number of nitrogens with one attached hydrogen (secondary N) is 1. The summed E-state index contributed by atoms with van der Waals surface area (Å²) in [5, 5.41) is 3.15. The van der Waals surface area contributed by atoms with Gasteiger partial charge < -0.3 is 10.1 Å². The van der Waals surface area contributed by atoms with Crippen molar-refractivity contribution in [1.82, 2.24) is 24.4 Å². The number of fused-ring (bicyclic) bond motifs is 1. The summed E-state index contributed by atoms with van der Waals surface area (Å²) in [5.41, 5.74) is -0.269.